The summed E-state index contributed by atoms with van der Waals surface area (Å²) in [5.74, 6) is 2.82. The minimum absolute atomic E-state index is 0.407. The van der Waals surface area contributed by atoms with Gasteiger partial charge in [-0.05, 0) is 43.2 Å². The number of halogens is 3. The molecule has 2 nitrogen and oxygen atoms in total. The van der Waals surface area contributed by atoms with Gasteiger partial charge in [-0.15, -0.1) is 11.6 Å². The van der Waals surface area contributed by atoms with Crippen molar-refractivity contribution in [2.75, 3.05) is 0 Å². The van der Waals surface area contributed by atoms with E-state index in [0.29, 0.717) is 27.9 Å². The zero-order chi connectivity index (χ0) is 15.1. The van der Waals surface area contributed by atoms with Crippen LogP contribution in [0.4, 0.5) is 0 Å². The van der Waals surface area contributed by atoms with Crippen LogP contribution in [0.25, 0.3) is 11.0 Å². The third kappa shape index (κ3) is 2.78. The Kier molecular flexibility index (Phi) is 4.40. The van der Waals surface area contributed by atoms with Crippen LogP contribution in [-0.2, 0) is 5.88 Å². The summed E-state index contributed by atoms with van der Waals surface area (Å²) in [5.41, 5.74) is 1.93. The topological polar surface area (TPSA) is 17.8 Å². The lowest BCUT2D eigenvalue weighted by Crippen LogP contribution is -2.24. The predicted molar refractivity (Wildman–Crippen MR) is 90.5 cm³/mol. The van der Waals surface area contributed by atoms with Crippen molar-refractivity contribution in [3.05, 3.63) is 28.0 Å². The fourth-order valence-electron chi connectivity index (χ4n) is 3.40. The van der Waals surface area contributed by atoms with Gasteiger partial charge in [0.1, 0.15) is 5.82 Å². The lowest BCUT2D eigenvalue weighted by molar-refractivity contribution is 0.211. The molecule has 0 saturated heterocycles. The molecule has 1 heterocycles. The molecule has 1 saturated carbocycles. The van der Waals surface area contributed by atoms with Gasteiger partial charge in [-0.25, -0.2) is 4.98 Å². The van der Waals surface area contributed by atoms with E-state index < -0.39 is 0 Å². The van der Waals surface area contributed by atoms with Crippen molar-refractivity contribution in [2.45, 2.75) is 45.0 Å². The Balaban J connectivity index is 2.10. The quantitative estimate of drug-likeness (QED) is 0.603. The summed E-state index contributed by atoms with van der Waals surface area (Å²) in [6, 6.07) is 4.21. The third-order valence-corrected chi connectivity index (χ3v) is 5.82. The van der Waals surface area contributed by atoms with Crippen LogP contribution >= 0.6 is 34.8 Å². The Hall–Kier alpha value is -0.440. The lowest BCUT2D eigenvalue weighted by Gasteiger charge is -2.33. The molecule has 1 aromatic carbocycles. The van der Waals surface area contributed by atoms with E-state index in [4.69, 9.17) is 34.8 Å². The number of hydrogen-bond acceptors (Lipinski definition) is 1. The highest BCUT2D eigenvalue weighted by Gasteiger charge is 2.28. The molecule has 1 aromatic heterocycles. The molecular weight excluding hydrogens is 327 g/mol. The first kappa shape index (κ1) is 15.5. The van der Waals surface area contributed by atoms with E-state index in [-0.39, 0.29) is 0 Å². The van der Waals surface area contributed by atoms with Gasteiger partial charge in [-0.1, -0.05) is 37.0 Å². The number of benzene rings is 1. The Morgan fingerprint density at radius 1 is 1.14 bits per heavy atom. The van der Waals surface area contributed by atoms with Crippen molar-refractivity contribution < 1.29 is 0 Å². The second-order valence-electron chi connectivity index (χ2n) is 6.21. The Bertz CT molecular complexity index is 665. The highest BCUT2D eigenvalue weighted by atomic mass is 35.5. The molecule has 0 N–H and O–H groups in total. The smallest absolute Gasteiger partial charge is 0.125 e. The van der Waals surface area contributed by atoms with Gasteiger partial charge in [-0.2, -0.15) is 0 Å². The van der Waals surface area contributed by atoms with Crippen molar-refractivity contribution in [1.82, 2.24) is 9.55 Å². The number of hydrogen-bond donors (Lipinski definition) is 0. The number of imidazole rings is 1. The summed E-state index contributed by atoms with van der Waals surface area (Å²) < 4.78 is 2.28. The first-order chi connectivity index (χ1) is 10.0. The van der Waals surface area contributed by atoms with Crippen LogP contribution < -0.4 is 0 Å². The number of fused-ring (bicyclic) bond motifs is 1. The molecule has 1 aliphatic rings. The molecule has 1 fully saturated rings. The zero-order valence-corrected chi connectivity index (χ0v) is 14.5. The van der Waals surface area contributed by atoms with Crippen LogP contribution in [0.3, 0.4) is 0 Å². The van der Waals surface area contributed by atoms with Crippen molar-refractivity contribution in [3.8, 4) is 0 Å². The Morgan fingerprint density at radius 3 is 2.52 bits per heavy atom. The Labute approximate surface area is 140 Å². The first-order valence-corrected chi connectivity index (χ1v) is 8.72. The summed E-state index contributed by atoms with van der Waals surface area (Å²) in [6.07, 6.45) is 3.58. The van der Waals surface area contributed by atoms with Gasteiger partial charge >= 0.3 is 0 Å². The van der Waals surface area contributed by atoms with Gasteiger partial charge in [0, 0.05) is 6.04 Å². The molecule has 3 rings (SSSR count). The van der Waals surface area contributed by atoms with Crippen molar-refractivity contribution in [2.24, 2.45) is 11.8 Å². The molecule has 0 radical (unpaired) electrons. The largest absolute Gasteiger partial charge is 0.324 e. The molecule has 0 bridgehead atoms. The second kappa shape index (κ2) is 5.98. The number of nitrogens with zero attached hydrogens (tertiary/aromatic N) is 2. The number of rotatable bonds is 2. The monoisotopic (exact) mass is 344 g/mol. The maximum atomic E-state index is 6.20. The fraction of sp³-hybridized carbons (Fsp3) is 0.562. The van der Waals surface area contributed by atoms with Crippen LogP contribution in [0.5, 0.6) is 0 Å². The normalized spacial score (nSPS) is 26.4. The third-order valence-electron chi connectivity index (χ3n) is 4.86. The SMILES string of the molecule is CC1CCC(n2c(CCl)nc3cc(Cl)c(Cl)cc32)CC1C. The van der Waals surface area contributed by atoms with E-state index in [1.54, 1.807) is 0 Å². The van der Waals surface area contributed by atoms with Gasteiger partial charge in [0.2, 0.25) is 0 Å². The average Bonchev–Trinajstić information content (AvgIpc) is 2.80. The van der Waals surface area contributed by atoms with Crippen molar-refractivity contribution in [3.63, 3.8) is 0 Å². The minimum atomic E-state index is 0.407. The van der Waals surface area contributed by atoms with E-state index in [1.165, 1.54) is 12.8 Å². The summed E-state index contributed by atoms with van der Waals surface area (Å²) >= 11 is 18.4. The zero-order valence-electron chi connectivity index (χ0n) is 12.2. The van der Waals surface area contributed by atoms with Crippen LogP contribution in [-0.4, -0.2) is 9.55 Å². The van der Waals surface area contributed by atoms with Gasteiger partial charge < -0.3 is 4.57 Å². The van der Waals surface area contributed by atoms with Gasteiger partial charge in [-0.3, -0.25) is 0 Å². The fourth-order valence-corrected chi connectivity index (χ4v) is 3.90. The highest BCUT2D eigenvalue weighted by Crippen LogP contribution is 2.39. The molecule has 0 aliphatic heterocycles. The molecule has 3 atom stereocenters. The van der Waals surface area contributed by atoms with Gasteiger partial charge in [0.25, 0.3) is 0 Å². The summed E-state index contributed by atoms with van der Waals surface area (Å²) in [4.78, 5) is 4.64. The van der Waals surface area contributed by atoms with Gasteiger partial charge in [0.15, 0.2) is 0 Å². The van der Waals surface area contributed by atoms with E-state index >= 15 is 0 Å². The van der Waals surface area contributed by atoms with Crippen LogP contribution in [0, 0.1) is 11.8 Å². The van der Waals surface area contributed by atoms with E-state index in [1.807, 2.05) is 12.1 Å². The van der Waals surface area contributed by atoms with E-state index in [9.17, 15) is 0 Å². The maximum absolute atomic E-state index is 6.20. The lowest BCUT2D eigenvalue weighted by atomic mass is 9.79. The van der Waals surface area contributed by atoms with Crippen molar-refractivity contribution >= 4 is 45.8 Å². The molecule has 1 aliphatic carbocycles. The summed E-state index contributed by atoms with van der Waals surface area (Å²) in [7, 11) is 0. The van der Waals surface area contributed by atoms with Crippen LogP contribution in [0.2, 0.25) is 10.0 Å². The predicted octanol–water partition coefficient (Wildman–Crippen LogP) is 6.08. The molecule has 114 valence electrons. The number of aromatic nitrogens is 2. The maximum Gasteiger partial charge on any atom is 0.125 e. The Morgan fingerprint density at radius 2 is 1.86 bits per heavy atom. The summed E-state index contributed by atoms with van der Waals surface area (Å²) in [6.45, 7) is 4.67. The summed E-state index contributed by atoms with van der Waals surface area (Å²) in [5, 5.41) is 1.12. The van der Waals surface area contributed by atoms with Crippen LogP contribution in [0.1, 0.15) is 45.0 Å². The molecular formula is C16H19Cl3N2. The van der Waals surface area contributed by atoms with Crippen LogP contribution in [0.15, 0.2) is 12.1 Å². The number of alkyl halides is 1. The molecule has 3 unspecified atom stereocenters. The standard InChI is InChI=1S/C16H19Cl3N2/c1-9-3-4-11(5-10(9)2)21-15-7-13(19)12(18)6-14(15)20-16(21)8-17/h6-7,9-11H,3-5,8H2,1-2H3. The first-order valence-electron chi connectivity index (χ1n) is 7.43. The molecule has 0 spiro atoms. The second-order valence-corrected chi connectivity index (χ2v) is 7.29. The van der Waals surface area contributed by atoms with E-state index in [0.717, 1.165) is 29.2 Å². The highest BCUT2D eigenvalue weighted by molar-refractivity contribution is 6.42. The molecule has 0 amide bonds. The molecule has 5 heteroatoms. The van der Waals surface area contributed by atoms with E-state index in [2.05, 4.69) is 23.4 Å². The van der Waals surface area contributed by atoms with Gasteiger partial charge in [0.05, 0.1) is 27.0 Å². The molecule has 21 heavy (non-hydrogen) atoms. The average molecular weight is 346 g/mol. The molecule has 2 aromatic rings. The minimum Gasteiger partial charge on any atom is -0.324 e. The van der Waals surface area contributed by atoms with Crippen molar-refractivity contribution in [1.29, 1.82) is 0 Å².